The monoisotopic (exact) mass is 200 g/mol. The van der Waals surface area contributed by atoms with Crippen molar-refractivity contribution in [2.45, 2.75) is 0 Å². The Balaban J connectivity index is 2.02. The summed E-state index contributed by atoms with van der Waals surface area (Å²) < 4.78 is 0. The number of hydrogen-bond acceptors (Lipinski definition) is 2. The van der Waals surface area contributed by atoms with Gasteiger partial charge in [0.2, 0.25) is 0 Å². The molecule has 0 spiro atoms. The van der Waals surface area contributed by atoms with Crippen molar-refractivity contribution in [1.29, 1.82) is 0 Å². The van der Waals surface area contributed by atoms with Gasteiger partial charge in [-0.3, -0.25) is 0 Å². The molecule has 3 heteroatoms. The summed E-state index contributed by atoms with van der Waals surface area (Å²) in [4.78, 5) is 5.58. The van der Waals surface area contributed by atoms with Crippen LogP contribution in [0.15, 0.2) is 24.3 Å². The van der Waals surface area contributed by atoms with Crippen LogP contribution in [0.5, 0.6) is 0 Å². The van der Waals surface area contributed by atoms with Gasteiger partial charge in [0.15, 0.2) is 0 Å². The molecule has 1 aromatic heterocycles. The third-order valence-corrected chi connectivity index (χ3v) is 2.93. The molecule has 77 valence electrons. The number of nitrogens with zero attached hydrogens (tertiary/aromatic N) is 1. The van der Waals surface area contributed by atoms with Crippen LogP contribution < -0.4 is 10.2 Å². The first-order valence-corrected chi connectivity index (χ1v) is 5.39. The van der Waals surface area contributed by atoms with Crippen LogP contribution in [-0.2, 0) is 0 Å². The number of para-hydroxylation sites is 1. The van der Waals surface area contributed by atoms with E-state index in [1.165, 1.54) is 16.6 Å². The van der Waals surface area contributed by atoms with Gasteiger partial charge < -0.3 is 15.2 Å². The van der Waals surface area contributed by atoms with Crippen molar-refractivity contribution < 1.29 is 0 Å². The van der Waals surface area contributed by atoms with Crippen LogP contribution in [-0.4, -0.2) is 31.2 Å². The van der Waals surface area contributed by atoms with Gasteiger partial charge in [-0.1, -0.05) is 18.2 Å². The highest BCUT2D eigenvalue weighted by molar-refractivity contribution is 5.92. The Morgan fingerprint density at radius 2 is 1.93 bits per heavy atom. The summed E-state index contributed by atoms with van der Waals surface area (Å²) in [5, 5.41) is 4.64. The van der Waals surface area contributed by atoms with E-state index in [0.29, 0.717) is 0 Å². The molecule has 1 aromatic carbocycles. The van der Waals surface area contributed by atoms with Crippen molar-refractivity contribution in [3.8, 4) is 0 Å². The van der Waals surface area contributed by atoms with E-state index in [-0.39, 0.29) is 0 Å². The van der Waals surface area contributed by atoms with Crippen LogP contribution in [0.2, 0.25) is 0 Å². The molecule has 1 radical (unpaired) electrons. The number of anilines is 1. The van der Waals surface area contributed by atoms with Crippen LogP contribution in [0.4, 0.5) is 5.69 Å². The number of aromatic nitrogens is 1. The van der Waals surface area contributed by atoms with Gasteiger partial charge in [0.25, 0.3) is 0 Å². The summed E-state index contributed by atoms with van der Waals surface area (Å²) in [5.41, 5.74) is 2.39. The van der Waals surface area contributed by atoms with Gasteiger partial charge in [0, 0.05) is 37.1 Å². The lowest BCUT2D eigenvalue weighted by atomic mass is 10.2. The zero-order valence-electron chi connectivity index (χ0n) is 8.59. The van der Waals surface area contributed by atoms with E-state index in [1.807, 2.05) is 6.07 Å². The summed E-state index contributed by atoms with van der Waals surface area (Å²) in [5.74, 6) is 0. The van der Waals surface area contributed by atoms with Gasteiger partial charge in [-0.2, -0.15) is 0 Å². The quantitative estimate of drug-likeness (QED) is 0.728. The zero-order chi connectivity index (χ0) is 10.1. The van der Waals surface area contributed by atoms with E-state index < -0.39 is 0 Å². The van der Waals surface area contributed by atoms with Crippen molar-refractivity contribution in [3.63, 3.8) is 0 Å². The number of piperazine rings is 1. The fourth-order valence-electron chi connectivity index (χ4n) is 2.13. The maximum absolute atomic E-state index is 3.36. The van der Waals surface area contributed by atoms with E-state index >= 15 is 0 Å². The first-order valence-electron chi connectivity index (χ1n) is 5.39. The van der Waals surface area contributed by atoms with E-state index in [9.17, 15) is 0 Å². The van der Waals surface area contributed by atoms with Crippen LogP contribution in [0.3, 0.4) is 0 Å². The fraction of sp³-hybridized carbons (Fsp3) is 0.333. The minimum absolute atomic E-state index is 1.06. The number of aromatic amines is 1. The van der Waals surface area contributed by atoms with Crippen LogP contribution in [0.25, 0.3) is 10.9 Å². The average molecular weight is 200 g/mol. The SMILES string of the molecule is [c]1[nH]c2ccccc2c1N1CCNCC1. The Morgan fingerprint density at radius 3 is 2.80 bits per heavy atom. The van der Waals surface area contributed by atoms with E-state index in [4.69, 9.17) is 0 Å². The molecule has 3 nitrogen and oxygen atoms in total. The van der Waals surface area contributed by atoms with Crippen molar-refractivity contribution in [1.82, 2.24) is 10.3 Å². The van der Waals surface area contributed by atoms with Gasteiger partial charge in [0.1, 0.15) is 0 Å². The highest BCUT2D eigenvalue weighted by Crippen LogP contribution is 2.25. The second-order valence-corrected chi connectivity index (χ2v) is 3.88. The first kappa shape index (κ1) is 8.80. The molecule has 1 fully saturated rings. The molecule has 1 saturated heterocycles. The number of nitrogens with one attached hydrogen (secondary N) is 2. The molecule has 0 amide bonds. The third kappa shape index (κ3) is 1.49. The summed E-state index contributed by atoms with van der Waals surface area (Å²) in [6, 6.07) is 8.38. The Kier molecular flexibility index (Phi) is 2.10. The first-order chi connectivity index (χ1) is 7.45. The van der Waals surface area contributed by atoms with Gasteiger partial charge in [-0.25, -0.2) is 0 Å². The smallest absolute Gasteiger partial charge is 0.0890 e. The van der Waals surface area contributed by atoms with Crippen molar-refractivity contribution in [3.05, 3.63) is 30.5 Å². The summed E-state index contributed by atoms with van der Waals surface area (Å²) in [6.45, 7) is 4.26. The predicted octanol–water partition coefficient (Wildman–Crippen LogP) is 1.38. The topological polar surface area (TPSA) is 31.1 Å². The number of benzene rings is 1. The zero-order valence-corrected chi connectivity index (χ0v) is 8.59. The molecule has 2 N–H and O–H groups in total. The lowest BCUT2D eigenvalue weighted by Gasteiger charge is -2.28. The number of H-pyrrole nitrogens is 1. The minimum Gasteiger partial charge on any atom is -0.367 e. The highest BCUT2D eigenvalue weighted by Gasteiger charge is 2.14. The molecule has 15 heavy (non-hydrogen) atoms. The Bertz CT molecular complexity index is 455. The Labute approximate surface area is 89.1 Å². The van der Waals surface area contributed by atoms with Crippen molar-refractivity contribution in [2.24, 2.45) is 0 Å². The molecule has 0 aliphatic carbocycles. The summed E-state index contributed by atoms with van der Waals surface area (Å²) in [7, 11) is 0. The maximum atomic E-state index is 3.36. The summed E-state index contributed by atoms with van der Waals surface area (Å²) in [6.07, 6.45) is 3.26. The average Bonchev–Trinajstić information content (AvgIpc) is 2.74. The van der Waals surface area contributed by atoms with E-state index in [0.717, 1.165) is 26.2 Å². The van der Waals surface area contributed by atoms with Crippen LogP contribution in [0, 0.1) is 6.20 Å². The van der Waals surface area contributed by atoms with E-state index in [2.05, 4.69) is 39.6 Å². The maximum Gasteiger partial charge on any atom is 0.0890 e. The molecule has 2 aromatic rings. The molecule has 1 aliphatic heterocycles. The number of hydrogen-bond donors (Lipinski definition) is 2. The third-order valence-electron chi connectivity index (χ3n) is 2.93. The largest absolute Gasteiger partial charge is 0.367 e. The Hall–Kier alpha value is -1.48. The molecule has 2 heterocycles. The second kappa shape index (κ2) is 3.59. The molecule has 0 unspecified atom stereocenters. The van der Waals surface area contributed by atoms with Gasteiger partial charge in [-0.05, 0) is 6.07 Å². The lowest BCUT2D eigenvalue weighted by Crippen LogP contribution is -2.43. The second-order valence-electron chi connectivity index (χ2n) is 3.88. The molecular weight excluding hydrogens is 186 g/mol. The number of fused-ring (bicyclic) bond motifs is 1. The molecule has 0 saturated carbocycles. The summed E-state index contributed by atoms with van der Waals surface area (Å²) >= 11 is 0. The standard InChI is InChI=1S/C12H14N3/c1-2-4-11-10(3-1)12(9-14-11)15-7-5-13-6-8-15/h1-4,13-14H,5-8H2. The van der Waals surface area contributed by atoms with Gasteiger partial charge in [-0.15, -0.1) is 0 Å². The molecule has 3 rings (SSSR count). The lowest BCUT2D eigenvalue weighted by molar-refractivity contribution is 0.590. The normalized spacial score (nSPS) is 17.2. The molecule has 0 bridgehead atoms. The molecule has 0 atom stereocenters. The van der Waals surface area contributed by atoms with Gasteiger partial charge in [0.05, 0.1) is 11.9 Å². The fourth-order valence-corrected chi connectivity index (χ4v) is 2.13. The van der Waals surface area contributed by atoms with Crippen LogP contribution in [0.1, 0.15) is 0 Å². The Morgan fingerprint density at radius 1 is 1.13 bits per heavy atom. The number of rotatable bonds is 1. The predicted molar refractivity (Wildman–Crippen MR) is 62.2 cm³/mol. The van der Waals surface area contributed by atoms with Crippen LogP contribution >= 0.6 is 0 Å². The van der Waals surface area contributed by atoms with Crippen molar-refractivity contribution >= 4 is 16.6 Å². The molecule has 1 aliphatic rings. The van der Waals surface area contributed by atoms with Crippen molar-refractivity contribution in [2.75, 3.05) is 31.1 Å². The van der Waals surface area contributed by atoms with Gasteiger partial charge >= 0.3 is 0 Å². The van der Waals surface area contributed by atoms with E-state index in [1.54, 1.807) is 0 Å². The minimum atomic E-state index is 1.06. The molecular formula is C12H14N3. The highest BCUT2D eigenvalue weighted by atomic mass is 15.2.